The molecule has 0 aliphatic carbocycles. The maximum absolute atomic E-state index is 12.1. The molecular formula is C13H15ClN4O. The summed E-state index contributed by atoms with van der Waals surface area (Å²) in [5, 5.41) is 4.82. The summed E-state index contributed by atoms with van der Waals surface area (Å²) >= 11 is 6.17. The number of aryl methyl sites for hydroxylation is 3. The van der Waals surface area contributed by atoms with E-state index >= 15 is 0 Å². The van der Waals surface area contributed by atoms with Gasteiger partial charge in [-0.2, -0.15) is 5.10 Å². The Labute approximate surface area is 116 Å². The minimum atomic E-state index is -0.156. The van der Waals surface area contributed by atoms with Crippen LogP contribution < -0.4 is 0 Å². The summed E-state index contributed by atoms with van der Waals surface area (Å²) in [6.07, 6.45) is 3.42. The quantitative estimate of drug-likeness (QED) is 0.806. The fraction of sp³-hybridized carbons (Fsp3) is 0.385. The van der Waals surface area contributed by atoms with Crippen LogP contribution >= 0.6 is 11.6 Å². The largest absolute Gasteiger partial charge is 0.290 e. The van der Waals surface area contributed by atoms with Crippen LogP contribution in [0.2, 0.25) is 5.02 Å². The Morgan fingerprint density at radius 1 is 1.32 bits per heavy atom. The molecule has 0 spiro atoms. The average Bonchev–Trinajstić information content (AvgIpc) is 2.67. The Morgan fingerprint density at radius 3 is 2.53 bits per heavy atom. The molecule has 0 saturated carbocycles. The van der Waals surface area contributed by atoms with Crippen LogP contribution in [-0.4, -0.2) is 25.5 Å². The maximum atomic E-state index is 12.1. The molecule has 0 atom stereocenters. The van der Waals surface area contributed by atoms with Crippen LogP contribution in [0.3, 0.4) is 0 Å². The molecule has 0 amide bonds. The van der Waals surface area contributed by atoms with Gasteiger partial charge in [0.2, 0.25) is 5.78 Å². The average molecular weight is 279 g/mol. The van der Waals surface area contributed by atoms with Crippen molar-refractivity contribution in [1.82, 2.24) is 19.7 Å². The van der Waals surface area contributed by atoms with Crippen molar-refractivity contribution in [3.05, 3.63) is 40.2 Å². The third kappa shape index (κ3) is 2.81. The number of hydrogen-bond donors (Lipinski definition) is 0. The molecule has 0 aromatic carbocycles. The maximum Gasteiger partial charge on any atom is 0.206 e. The molecule has 2 aromatic rings. The monoisotopic (exact) mass is 278 g/mol. The molecule has 2 aromatic heterocycles. The van der Waals surface area contributed by atoms with Gasteiger partial charge in [0.05, 0.1) is 22.8 Å². The molecule has 2 rings (SSSR count). The van der Waals surface area contributed by atoms with E-state index in [0.717, 1.165) is 17.0 Å². The van der Waals surface area contributed by atoms with Gasteiger partial charge in [-0.3, -0.25) is 9.48 Å². The summed E-state index contributed by atoms with van der Waals surface area (Å²) in [5.74, 6) is 0.0553. The first-order valence-electron chi connectivity index (χ1n) is 6.06. The zero-order valence-electron chi connectivity index (χ0n) is 11.1. The molecule has 100 valence electrons. The van der Waals surface area contributed by atoms with Crippen LogP contribution in [-0.2, 0) is 13.0 Å². The van der Waals surface area contributed by atoms with Gasteiger partial charge in [-0.05, 0) is 26.3 Å². The van der Waals surface area contributed by atoms with E-state index in [9.17, 15) is 4.79 Å². The lowest BCUT2D eigenvalue weighted by molar-refractivity contribution is 0.0980. The number of carbonyl (C=O) groups excluding carboxylic acids is 1. The first-order valence-corrected chi connectivity index (χ1v) is 6.44. The van der Waals surface area contributed by atoms with E-state index < -0.39 is 0 Å². The molecule has 0 radical (unpaired) electrons. The molecule has 0 fully saturated rings. The smallest absolute Gasteiger partial charge is 0.206 e. The highest BCUT2D eigenvalue weighted by Gasteiger charge is 2.18. The third-order valence-electron chi connectivity index (χ3n) is 2.81. The first kappa shape index (κ1) is 13.7. The van der Waals surface area contributed by atoms with E-state index in [1.54, 1.807) is 17.1 Å². The minimum absolute atomic E-state index is 0.156. The van der Waals surface area contributed by atoms with Crippen LogP contribution in [0.5, 0.6) is 0 Å². The first-order chi connectivity index (χ1) is 9.02. The summed E-state index contributed by atoms with van der Waals surface area (Å²) in [7, 11) is 0. The molecule has 0 bridgehead atoms. The van der Waals surface area contributed by atoms with Crippen molar-refractivity contribution in [3.63, 3.8) is 0 Å². The fourth-order valence-electron chi connectivity index (χ4n) is 1.81. The number of carbonyl (C=O) groups is 1. The van der Waals surface area contributed by atoms with Crippen molar-refractivity contribution >= 4 is 17.4 Å². The number of hydrogen-bond acceptors (Lipinski definition) is 4. The van der Waals surface area contributed by atoms with Crippen molar-refractivity contribution in [2.45, 2.75) is 33.7 Å². The Kier molecular flexibility index (Phi) is 3.95. The predicted molar refractivity (Wildman–Crippen MR) is 72.5 cm³/mol. The molecule has 5 nitrogen and oxygen atoms in total. The van der Waals surface area contributed by atoms with Crippen molar-refractivity contribution in [2.75, 3.05) is 0 Å². The zero-order valence-corrected chi connectivity index (χ0v) is 11.9. The Hall–Kier alpha value is -1.75. The van der Waals surface area contributed by atoms with E-state index in [4.69, 9.17) is 11.6 Å². The van der Waals surface area contributed by atoms with Crippen molar-refractivity contribution in [1.29, 1.82) is 0 Å². The zero-order chi connectivity index (χ0) is 14.0. The van der Waals surface area contributed by atoms with Gasteiger partial charge in [0, 0.05) is 18.9 Å². The summed E-state index contributed by atoms with van der Waals surface area (Å²) in [4.78, 5) is 20.2. The number of rotatable bonds is 4. The Morgan fingerprint density at radius 2 is 1.95 bits per heavy atom. The molecule has 0 N–H and O–H groups in total. The highest BCUT2D eigenvalue weighted by molar-refractivity contribution is 6.32. The lowest BCUT2D eigenvalue weighted by Crippen LogP contribution is -2.12. The van der Waals surface area contributed by atoms with Gasteiger partial charge in [-0.25, -0.2) is 9.97 Å². The predicted octanol–water partition coefficient (Wildman–Crippen LogP) is 2.39. The van der Waals surface area contributed by atoms with Gasteiger partial charge >= 0.3 is 0 Å². The van der Waals surface area contributed by atoms with Gasteiger partial charge in [0.15, 0.2) is 5.82 Å². The second kappa shape index (κ2) is 5.48. The number of nitrogens with zero attached hydrogens (tertiary/aromatic N) is 4. The van der Waals surface area contributed by atoms with Gasteiger partial charge in [-0.1, -0.05) is 11.6 Å². The minimum Gasteiger partial charge on any atom is -0.290 e. The van der Waals surface area contributed by atoms with Gasteiger partial charge in [-0.15, -0.1) is 0 Å². The van der Waals surface area contributed by atoms with Crippen LogP contribution in [0.4, 0.5) is 0 Å². The molecule has 0 aliphatic rings. The lowest BCUT2D eigenvalue weighted by Gasteiger charge is -2.04. The third-order valence-corrected chi connectivity index (χ3v) is 3.30. The molecule has 19 heavy (non-hydrogen) atoms. The van der Waals surface area contributed by atoms with E-state index in [2.05, 4.69) is 15.1 Å². The molecule has 0 unspecified atom stereocenters. The SMILES string of the molecule is CCn1nc(C)c(Cl)c1CC(=O)c1ncc(C)cn1. The summed E-state index contributed by atoms with van der Waals surface area (Å²) in [5.41, 5.74) is 2.37. The molecule has 6 heteroatoms. The topological polar surface area (TPSA) is 60.7 Å². The van der Waals surface area contributed by atoms with Gasteiger partial charge in [0.1, 0.15) is 0 Å². The summed E-state index contributed by atoms with van der Waals surface area (Å²) < 4.78 is 1.74. The van der Waals surface area contributed by atoms with Crippen molar-refractivity contribution in [2.24, 2.45) is 0 Å². The normalized spacial score (nSPS) is 10.7. The van der Waals surface area contributed by atoms with Crippen LogP contribution in [0.1, 0.15) is 34.5 Å². The number of halogens is 1. The molecule has 2 heterocycles. The van der Waals surface area contributed by atoms with E-state index in [1.165, 1.54) is 0 Å². The number of aromatic nitrogens is 4. The second-order valence-corrected chi connectivity index (χ2v) is 4.72. The molecule has 0 aliphatic heterocycles. The molecular weight excluding hydrogens is 264 g/mol. The summed E-state index contributed by atoms with van der Waals surface area (Å²) in [6, 6.07) is 0. The number of ketones is 1. The van der Waals surface area contributed by atoms with Crippen LogP contribution in [0, 0.1) is 13.8 Å². The second-order valence-electron chi connectivity index (χ2n) is 4.35. The van der Waals surface area contributed by atoms with E-state index in [1.807, 2.05) is 20.8 Å². The van der Waals surface area contributed by atoms with E-state index in [-0.39, 0.29) is 18.0 Å². The standard InChI is InChI=1S/C13H15ClN4O/c1-4-18-10(12(14)9(3)17-18)5-11(19)13-15-6-8(2)7-16-13/h6-7H,4-5H2,1-3H3. The fourth-order valence-corrected chi connectivity index (χ4v) is 2.01. The van der Waals surface area contributed by atoms with Crippen LogP contribution in [0.25, 0.3) is 0 Å². The van der Waals surface area contributed by atoms with E-state index in [0.29, 0.717) is 11.6 Å². The number of Topliss-reactive ketones (excluding diaryl/α,β-unsaturated/α-hetero) is 1. The Bertz CT molecular complexity index is 604. The van der Waals surface area contributed by atoms with Crippen LogP contribution in [0.15, 0.2) is 12.4 Å². The van der Waals surface area contributed by atoms with Crippen molar-refractivity contribution in [3.8, 4) is 0 Å². The summed E-state index contributed by atoms with van der Waals surface area (Å²) in [6.45, 7) is 6.33. The highest BCUT2D eigenvalue weighted by atomic mass is 35.5. The Balaban J connectivity index is 2.26. The van der Waals surface area contributed by atoms with Crippen molar-refractivity contribution < 1.29 is 4.79 Å². The lowest BCUT2D eigenvalue weighted by atomic mass is 10.2. The molecule has 0 saturated heterocycles. The van der Waals surface area contributed by atoms with Gasteiger partial charge in [0.25, 0.3) is 0 Å². The van der Waals surface area contributed by atoms with Gasteiger partial charge < -0.3 is 0 Å². The highest BCUT2D eigenvalue weighted by Crippen LogP contribution is 2.21.